The van der Waals surface area contributed by atoms with Crippen molar-refractivity contribution in [3.63, 3.8) is 0 Å². The third kappa shape index (κ3) is 4.10. The van der Waals surface area contributed by atoms with Gasteiger partial charge in [0.1, 0.15) is 0 Å². The summed E-state index contributed by atoms with van der Waals surface area (Å²) in [6.07, 6.45) is 3.86. The van der Waals surface area contributed by atoms with Gasteiger partial charge in [0.2, 0.25) is 0 Å². The third-order valence-corrected chi connectivity index (χ3v) is 3.79. The van der Waals surface area contributed by atoms with Gasteiger partial charge in [0.05, 0.1) is 0 Å². The molecule has 0 saturated carbocycles. The van der Waals surface area contributed by atoms with Crippen molar-refractivity contribution < 1.29 is 0 Å². The summed E-state index contributed by atoms with van der Waals surface area (Å²) in [5.74, 6) is 0. The maximum Gasteiger partial charge on any atom is 0.0405 e. The molecule has 0 radical (unpaired) electrons. The van der Waals surface area contributed by atoms with Crippen LogP contribution in [-0.2, 0) is 5.33 Å². The van der Waals surface area contributed by atoms with E-state index in [2.05, 4.69) is 68.9 Å². The lowest BCUT2D eigenvalue weighted by Crippen LogP contribution is -2.19. The lowest BCUT2D eigenvalue weighted by atomic mass is 10.1. The number of benzene rings is 1. The van der Waals surface area contributed by atoms with E-state index in [-0.39, 0.29) is 0 Å². The van der Waals surface area contributed by atoms with Crippen LogP contribution in [0.5, 0.6) is 0 Å². The van der Waals surface area contributed by atoms with Crippen molar-refractivity contribution in [3.8, 4) is 0 Å². The van der Waals surface area contributed by atoms with Crippen molar-refractivity contribution in [1.82, 2.24) is 0 Å². The maximum atomic E-state index is 3.55. The Morgan fingerprint density at radius 3 is 2.62 bits per heavy atom. The van der Waals surface area contributed by atoms with Crippen molar-refractivity contribution in [1.29, 1.82) is 0 Å². The molecule has 1 rings (SSSR count). The Labute approximate surface area is 115 Å². The zero-order chi connectivity index (χ0) is 12.0. The average Bonchev–Trinajstić information content (AvgIpc) is 2.29. The van der Waals surface area contributed by atoms with Gasteiger partial charge in [-0.3, -0.25) is 0 Å². The first-order valence-electron chi connectivity index (χ1n) is 5.74. The minimum atomic E-state index is 0.903. The van der Waals surface area contributed by atoms with Gasteiger partial charge in [-0.05, 0) is 30.2 Å². The van der Waals surface area contributed by atoms with E-state index in [0.29, 0.717) is 0 Å². The van der Waals surface area contributed by atoms with Gasteiger partial charge in [-0.2, -0.15) is 0 Å². The fourth-order valence-electron chi connectivity index (χ4n) is 1.75. The molecule has 0 aromatic heterocycles. The van der Waals surface area contributed by atoms with Gasteiger partial charge < -0.3 is 4.90 Å². The summed E-state index contributed by atoms with van der Waals surface area (Å²) < 4.78 is 1.15. The minimum absolute atomic E-state index is 0.903. The number of hydrogen-bond donors (Lipinski definition) is 0. The van der Waals surface area contributed by atoms with Gasteiger partial charge in [-0.1, -0.05) is 51.6 Å². The van der Waals surface area contributed by atoms with Gasteiger partial charge in [0.15, 0.2) is 0 Å². The summed E-state index contributed by atoms with van der Waals surface area (Å²) in [6, 6.07) is 6.48. The Bertz CT molecular complexity index is 326. The molecule has 0 fully saturated rings. The SMILES string of the molecule is CCCCCN(C)c1ccc(Br)cc1CBr. The smallest absolute Gasteiger partial charge is 0.0405 e. The van der Waals surface area contributed by atoms with Crippen molar-refractivity contribution in [2.75, 3.05) is 18.5 Å². The molecule has 0 aliphatic carbocycles. The summed E-state index contributed by atoms with van der Waals surface area (Å²) in [4.78, 5) is 2.35. The highest BCUT2D eigenvalue weighted by molar-refractivity contribution is 9.10. The molecule has 0 spiro atoms. The zero-order valence-electron chi connectivity index (χ0n) is 9.97. The first-order valence-corrected chi connectivity index (χ1v) is 7.66. The fourth-order valence-corrected chi connectivity index (χ4v) is 2.61. The number of alkyl halides is 1. The maximum absolute atomic E-state index is 3.55. The van der Waals surface area contributed by atoms with E-state index >= 15 is 0 Å². The van der Waals surface area contributed by atoms with E-state index in [4.69, 9.17) is 0 Å². The van der Waals surface area contributed by atoms with Gasteiger partial charge >= 0.3 is 0 Å². The summed E-state index contributed by atoms with van der Waals surface area (Å²) in [5, 5.41) is 0.903. The second-order valence-corrected chi connectivity index (χ2v) is 5.51. The van der Waals surface area contributed by atoms with Crippen LogP contribution in [0, 0.1) is 0 Å². The van der Waals surface area contributed by atoms with Crippen molar-refractivity contribution in [2.24, 2.45) is 0 Å². The Morgan fingerprint density at radius 1 is 1.25 bits per heavy atom. The molecule has 16 heavy (non-hydrogen) atoms. The van der Waals surface area contributed by atoms with E-state index in [9.17, 15) is 0 Å². The van der Waals surface area contributed by atoms with Crippen LogP contribution in [0.4, 0.5) is 5.69 Å². The predicted octanol–water partition coefficient (Wildman–Crippen LogP) is 4.97. The molecule has 0 heterocycles. The Kier molecular flexibility index (Phi) is 6.44. The van der Waals surface area contributed by atoms with Crippen LogP contribution >= 0.6 is 31.9 Å². The first-order chi connectivity index (χ1) is 7.69. The number of rotatable bonds is 6. The molecule has 0 amide bonds. The Morgan fingerprint density at radius 2 is 2.00 bits per heavy atom. The third-order valence-electron chi connectivity index (χ3n) is 2.69. The number of unbranched alkanes of at least 4 members (excludes halogenated alkanes) is 2. The number of hydrogen-bond acceptors (Lipinski definition) is 1. The predicted molar refractivity (Wildman–Crippen MR) is 79.6 cm³/mol. The van der Waals surface area contributed by atoms with Gasteiger partial charge in [-0.15, -0.1) is 0 Å². The molecule has 0 unspecified atom stereocenters. The van der Waals surface area contributed by atoms with Gasteiger partial charge in [0, 0.05) is 29.1 Å². The van der Waals surface area contributed by atoms with Crippen LogP contribution in [-0.4, -0.2) is 13.6 Å². The van der Waals surface area contributed by atoms with E-state index in [0.717, 1.165) is 16.3 Å². The van der Waals surface area contributed by atoms with E-state index in [1.165, 1.54) is 30.5 Å². The molecule has 0 saturated heterocycles. The number of nitrogens with zero attached hydrogens (tertiary/aromatic N) is 1. The van der Waals surface area contributed by atoms with Crippen LogP contribution in [0.3, 0.4) is 0 Å². The van der Waals surface area contributed by atoms with Crippen LogP contribution in [0.25, 0.3) is 0 Å². The first kappa shape index (κ1) is 14.0. The molecule has 0 aliphatic rings. The molecule has 1 aromatic rings. The largest absolute Gasteiger partial charge is 0.374 e. The average molecular weight is 349 g/mol. The van der Waals surface area contributed by atoms with E-state index in [1.807, 2.05) is 0 Å². The molecule has 0 aliphatic heterocycles. The standard InChI is InChI=1S/C13H19Br2N/c1-3-4-5-8-16(2)13-7-6-12(15)9-11(13)10-14/h6-7,9H,3-5,8,10H2,1-2H3. The number of halogens is 2. The highest BCUT2D eigenvalue weighted by Crippen LogP contribution is 2.26. The molecule has 0 N–H and O–H groups in total. The second-order valence-electron chi connectivity index (χ2n) is 4.04. The summed E-state index contributed by atoms with van der Waals surface area (Å²) in [5.41, 5.74) is 2.67. The van der Waals surface area contributed by atoms with Gasteiger partial charge in [-0.25, -0.2) is 0 Å². The van der Waals surface area contributed by atoms with Crippen LogP contribution in [0.2, 0.25) is 0 Å². The normalized spacial score (nSPS) is 10.5. The summed E-state index contributed by atoms with van der Waals surface area (Å²) in [7, 11) is 2.17. The second kappa shape index (κ2) is 7.33. The molecule has 1 aromatic carbocycles. The molecule has 1 nitrogen and oxygen atoms in total. The highest BCUT2D eigenvalue weighted by Gasteiger charge is 2.06. The molecule has 90 valence electrons. The lowest BCUT2D eigenvalue weighted by Gasteiger charge is -2.22. The molecule has 0 atom stereocenters. The Balaban J connectivity index is 2.70. The van der Waals surface area contributed by atoms with Crippen molar-refractivity contribution in [3.05, 3.63) is 28.2 Å². The Hall–Kier alpha value is -0.0200. The number of anilines is 1. The summed E-state index contributed by atoms with van der Waals surface area (Å²) >= 11 is 7.06. The zero-order valence-corrected chi connectivity index (χ0v) is 13.1. The van der Waals surface area contributed by atoms with Crippen molar-refractivity contribution in [2.45, 2.75) is 31.5 Å². The van der Waals surface area contributed by atoms with E-state index in [1.54, 1.807) is 0 Å². The van der Waals surface area contributed by atoms with Crippen LogP contribution in [0.15, 0.2) is 22.7 Å². The highest BCUT2D eigenvalue weighted by atomic mass is 79.9. The molecule has 3 heteroatoms. The van der Waals surface area contributed by atoms with Gasteiger partial charge in [0.25, 0.3) is 0 Å². The monoisotopic (exact) mass is 347 g/mol. The lowest BCUT2D eigenvalue weighted by molar-refractivity contribution is 0.704. The van der Waals surface area contributed by atoms with Crippen LogP contribution in [0.1, 0.15) is 31.7 Å². The fraction of sp³-hybridized carbons (Fsp3) is 0.538. The van der Waals surface area contributed by atoms with Crippen LogP contribution < -0.4 is 4.90 Å². The van der Waals surface area contributed by atoms with Crippen molar-refractivity contribution >= 4 is 37.5 Å². The molecular formula is C13H19Br2N. The quantitative estimate of drug-likeness (QED) is 0.518. The molecular weight excluding hydrogens is 330 g/mol. The topological polar surface area (TPSA) is 3.24 Å². The van der Waals surface area contributed by atoms with E-state index < -0.39 is 0 Å². The molecule has 0 bridgehead atoms. The summed E-state index contributed by atoms with van der Waals surface area (Å²) in [6.45, 7) is 3.37. The minimum Gasteiger partial charge on any atom is -0.374 e.